The Morgan fingerprint density at radius 1 is 1.19 bits per heavy atom. The maximum Gasteiger partial charge on any atom is 0.0653 e. The van der Waals surface area contributed by atoms with Gasteiger partial charge in [0.1, 0.15) is 0 Å². The molecule has 0 spiro atoms. The Bertz CT molecular complexity index is 300. The molecular formula is C12H19N3O. The lowest BCUT2D eigenvalue weighted by Gasteiger charge is -2.58. The number of nitrogens with zero attached hydrogens (tertiary/aromatic N) is 3. The first-order chi connectivity index (χ1) is 7.72. The maximum absolute atomic E-state index is 10.3. The lowest BCUT2D eigenvalue weighted by molar-refractivity contribution is -0.116. The van der Waals surface area contributed by atoms with Gasteiger partial charge in [-0.2, -0.15) is 0 Å². The van der Waals surface area contributed by atoms with Crippen molar-refractivity contribution in [3.8, 4) is 0 Å². The van der Waals surface area contributed by atoms with Gasteiger partial charge >= 0.3 is 0 Å². The lowest BCUT2D eigenvalue weighted by Crippen LogP contribution is -2.52. The Morgan fingerprint density at radius 2 is 1.69 bits per heavy atom. The van der Waals surface area contributed by atoms with Crippen molar-refractivity contribution in [1.29, 1.82) is 0 Å². The van der Waals surface area contributed by atoms with E-state index < -0.39 is 6.10 Å². The summed E-state index contributed by atoms with van der Waals surface area (Å²) in [6.07, 6.45) is 7.24. The molecule has 0 aliphatic heterocycles. The highest BCUT2D eigenvalue weighted by molar-refractivity contribution is 5.04. The van der Waals surface area contributed by atoms with Crippen LogP contribution >= 0.6 is 0 Å². The van der Waals surface area contributed by atoms with E-state index in [2.05, 4.69) is 10.0 Å². The van der Waals surface area contributed by atoms with E-state index in [0.717, 1.165) is 17.8 Å². The molecule has 4 nitrogen and oxygen atoms in total. The van der Waals surface area contributed by atoms with E-state index in [1.807, 2.05) is 0 Å². The fraction of sp³-hybridized carbons (Fsp3) is 1.00. The number of hydrogen-bond acceptors (Lipinski definition) is 2. The molecule has 0 amide bonds. The molecule has 4 rings (SSSR count). The van der Waals surface area contributed by atoms with E-state index in [9.17, 15) is 5.11 Å². The third kappa shape index (κ3) is 1.52. The summed E-state index contributed by atoms with van der Waals surface area (Å²) in [5.41, 5.74) is 8.44. The Balaban J connectivity index is 1.79. The maximum atomic E-state index is 10.3. The average Bonchev–Trinajstić information content (AvgIpc) is 2.24. The van der Waals surface area contributed by atoms with Gasteiger partial charge in [-0.3, -0.25) is 0 Å². The minimum Gasteiger partial charge on any atom is -0.392 e. The fourth-order valence-electron chi connectivity index (χ4n) is 4.89. The first kappa shape index (κ1) is 10.4. The molecule has 4 saturated carbocycles. The van der Waals surface area contributed by atoms with Crippen LogP contribution in [-0.2, 0) is 0 Å². The molecule has 0 aromatic rings. The van der Waals surface area contributed by atoms with Crippen LogP contribution in [0.5, 0.6) is 0 Å². The van der Waals surface area contributed by atoms with Gasteiger partial charge in [-0.25, -0.2) is 0 Å². The Hall–Kier alpha value is -0.730. The van der Waals surface area contributed by atoms with Crippen molar-refractivity contribution in [3.05, 3.63) is 10.4 Å². The average molecular weight is 221 g/mol. The summed E-state index contributed by atoms with van der Waals surface area (Å²) in [6.45, 7) is 0.267. The van der Waals surface area contributed by atoms with Crippen LogP contribution in [-0.4, -0.2) is 17.8 Å². The van der Waals surface area contributed by atoms with Crippen molar-refractivity contribution in [3.63, 3.8) is 0 Å². The summed E-state index contributed by atoms with van der Waals surface area (Å²) in [5, 5.41) is 13.8. The zero-order chi connectivity index (χ0) is 11.2. The number of rotatable bonds is 3. The van der Waals surface area contributed by atoms with Gasteiger partial charge in [-0.05, 0) is 67.2 Å². The molecule has 88 valence electrons. The zero-order valence-corrected chi connectivity index (χ0v) is 9.55. The second kappa shape index (κ2) is 3.64. The molecule has 0 aromatic carbocycles. The molecule has 4 aliphatic rings. The zero-order valence-electron chi connectivity index (χ0n) is 9.55. The van der Waals surface area contributed by atoms with E-state index >= 15 is 0 Å². The van der Waals surface area contributed by atoms with Gasteiger partial charge in [0, 0.05) is 4.91 Å². The third-order valence-electron chi connectivity index (χ3n) is 5.11. The summed E-state index contributed by atoms with van der Waals surface area (Å²) in [5.74, 6) is 2.52. The largest absolute Gasteiger partial charge is 0.392 e. The quantitative estimate of drug-likeness (QED) is 0.444. The van der Waals surface area contributed by atoms with Gasteiger partial charge < -0.3 is 5.11 Å². The molecule has 16 heavy (non-hydrogen) atoms. The molecule has 1 atom stereocenters. The lowest BCUT2D eigenvalue weighted by atomic mass is 9.48. The molecule has 0 saturated heterocycles. The van der Waals surface area contributed by atoms with E-state index in [1.54, 1.807) is 0 Å². The molecule has 0 unspecified atom stereocenters. The number of aliphatic hydroxyl groups excluding tert-OH is 1. The molecule has 0 radical (unpaired) electrons. The van der Waals surface area contributed by atoms with Gasteiger partial charge in [0.15, 0.2) is 0 Å². The topological polar surface area (TPSA) is 69.0 Å². The summed E-state index contributed by atoms with van der Waals surface area (Å²) in [4.78, 5) is 2.77. The standard InChI is InChI=1S/C12H19N3O/c13-15-14-7-11(16)12-4-8-1-9(5-12)3-10(2-8)6-12/h8-11,16H,1-7H2/t8?,9?,10?,11-,12?/m0/s1. The Labute approximate surface area is 95.7 Å². The van der Waals surface area contributed by atoms with Crippen LogP contribution in [0.25, 0.3) is 10.4 Å². The van der Waals surface area contributed by atoms with Gasteiger partial charge in [0.05, 0.1) is 12.6 Å². The molecule has 1 N–H and O–H groups in total. The van der Waals surface area contributed by atoms with E-state index in [0.29, 0.717) is 0 Å². The highest BCUT2D eigenvalue weighted by Gasteiger charge is 2.53. The summed E-state index contributed by atoms with van der Waals surface area (Å²) in [6, 6.07) is 0. The molecule has 4 fully saturated rings. The second-order valence-corrected chi connectivity index (χ2v) is 6.21. The van der Waals surface area contributed by atoms with Crippen molar-refractivity contribution in [2.75, 3.05) is 6.54 Å². The number of hydrogen-bond donors (Lipinski definition) is 1. The van der Waals surface area contributed by atoms with Gasteiger partial charge in [0.25, 0.3) is 0 Å². The normalized spacial score (nSPS) is 46.4. The smallest absolute Gasteiger partial charge is 0.0653 e. The third-order valence-corrected chi connectivity index (χ3v) is 5.11. The predicted molar refractivity (Wildman–Crippen MR) is 60.6 cm³/mol. The van der Waals surface area contributed by atoms with Crippen LogP contribution < -0.4 is 0 Å². The van der Waals surface area contributed by atoms with Crippen LogP contribution in [0.2, 0.25) is 0 Å². The van der Waals surface area contributed by atoms with E-state index in [1.165, 1.54) is 38.5 Å². The van der Waals surface area contributed by atoms with Crippen molar-refractivity contribution < 1.29 is 5.11 Å². The van der Waals surface area contributed by atoms with Crippen molar-refractivity contribution in [2.24, 2.45) is 28.3 Å². The Kier molecular flexibility index (Phi) is 2.37. The van der Waals surface area contributed by atoms with Crippen molar-refractivity contribution in [2.45, 2.75) is 44.6 Å². The first-order valence-electron chi connectivity index (χ1n) is 6.41. The van der Waals surface area contributed by atoms with E-state index in [4.69, 9.17) is 5.53 Å². The monoisotopic (exact) mass is 221 g/mol. The minimum absolute atomic E-state index is 0.100. The first-order valence-corrected chi connectivity index (χ1v) is 6.41. The molecular weight excluding hydrogens is 202 g/mol. The van der Waals surface area contributed by atoms with Crippen LogP contribution in [0.15, 0.2) is 5.11 Å². The molecule has 0 heterocycles. The SMILES string of the molecule is [N-]=[N+]=NC[C@H](O)C12CC3CC(CC(C3)C1)C2. The van der Waals surface area contributed by atoms with Gasteiger partial charge in [-0.1, -0.05) is 5.11 Å². The van der Waals surface area contributed by atoms with Crippen LogP contribution in [0, 0.1) is 23.2 Å². The number of aliphatic hydroxyl groups is 1. The summed E-state index contributed by atoms with van der Waals surface area (Å²) in [7, 11) is 0. The van der Waals surface area contributed by atoms with Crippen molar-refractivity contribution in [1.82, 2.24) is 0 Å². The second-order valence-electron chi connectivity index (χ2n) is 6.21. The summed E-state index contributed by atoms with van der Waals surface area (Å²) >= 11 is 0. The van der Waals surface area contributed by atoms with Crippen molar-refractivity contribution >= 4 is 0 Å². The molecule has 0 aromatic heterocycles. The van der Waals surface area contributed by atoms with E-state index in [-0.39, 0.29) is 12.0 Å². The predicted octanol–water partition coefficient (Wildman–Crippen LogP) is 2.87. The molecule has 4 heteroatoms. The Morgan fingerprint density at radius 3 is 2.12 bits per heavy atom. The van der Waals surface area contributed by atoms with Gasteiger partial charge in [0.2, 0.25) is 0 Å². The highest BCUT2D eigenvalue weighted by atomic mass is 16.3. The van der Waals surface area contributed by atoms with Crippen LogP contribution in [0.4, 0.5) is 0 Å². The van der Waals surface area contributed by atoms with Gasteiger partial charge in [-0.15, -0.1) is 0 Å². The van der Waals surface area contributed by atoms with Crippen LogP contribution in [0.1, 0.15) is 38.5 Å². The minimum atomic E-state index is -0.406. The fourth-order valence-corrected chi connectivity index (χ4v) is 4.89. The van der Waals surface area contributed by atoms with Crippen LogP contribution in [0.3, 0.4) is 0 Å². The summed E-state index contributed by atoms with van der Waals surface area (Å²) < 4.78 is 0. The molecule has 4 aliphatic carbocycles. The highest BCUT2D eigenvalue weighted by Crippen LogP contribution is 2.61. The molecule has 4 bridgehead atoms. The number of azide groups is 1.